The van der Waals surface area contributed by atoms with Crippen LogP contribution in [-0.4, -0.2) is 22.2 Å². The van der Waals surface area contributed by atoms with Crippen LogP contribution in [0.15, 0.2) is 48.5 Å². The second-order valence-electron chi connectivity index (χ2n) is 3.66. The van der Waals surface area contributed by atoms with Gasteiger partial charge >= 0.3 is 115 Å². The molecule has 2 N–H and O–H groups in total. The topological polar surface area (TPSA) is 121 Å². The van der Waals surface area contributed by atoms with E-state index in [1.165, 1.54) is 48.5 Å². The minimum Gasteiger partial charge on any atom is -0.872 e. The zero-order valence-electron chi connectivity index (χ0n) is 12.1. The first-order chi connectivity index (χ1) is 9.40. The molecule has 0 unspecified atom stereocenters. The summed E-state index contributed by atoms with van der Waals surface area (Å²) in [6.45, 7) is 0. The molecule has 0 amide bonds. The summed E-state index contributed by atoms with van der Waals surface area (Å²) in [7, 11) is 0. The van der Waals surface area contributed by atoms with Gasteiger partial charge in [-0.3, -0.25) is 0 Å². The van der Waals surface area contributed by atoms with Gasteiger partial charge in [0.1, 0.15) is 0 Å². The van der Waals surface area contributed by atoms with Gasteiger partial charge in [0.15, 0.2) is 0 Å². The monoisotopic (exact) mass is 352 g/mol. The predicted octanol–water partition coefficient (Wildman–Crippen LogP) is -5.08. The van der Waals surface area contributed by atoms with Gasteiger partial charge in [0.2, 0.25) is 0 Å². The summed E-state index contributed by atoms with van der Waals surface area (Å²) in [6.07, 6.45) is 0. The Morgan fingerprint density at radius 3 is 1.05 bits per heavy atom. The summed E-state index contributed by atoms with van der Waals surface area (Å²) in [5.41, 5.74) is 0.277. The van der Waals surface area contributed by atoms with E-state index < -0.39 is 11.9 Å². The smallest absolute Gasteiger partial charge is 0.872 e. The Balaban J connectivity index is 0. The van der Waals surface area contributed by atoms with E-state index in [0.717, 1.165) is 0 Å². The largest absolute Gasteiger partial charge is 1.00 e. The molecule has 8 heteroatoms. The summed E-state index contributed by atoms with van der Waals surface area (Å²) in [5, 5.41) is 37.6. The van der Waals surface area contributed by atoms with Gasteiger partial charge in [-0.2, -0.15) is 0 Å². The van der Waals surface area contributed by atoms with Gasteiger partial charge in [-0.15, -0.1) is 11.5 Å². The molecule has 0 fully saturated rings. The Morgan fingerprint density at radius 1 is 0.636 bits per heavy atom. The van der Waals surface area contributed by atoms with Crippen LogP contribution in [0.2, 0.25) is 0 Å². The summed E-state index contributed by atoms with van der Waals surface area (Å²) < 4.78 is 0. The number of hydrogen-bond donors (Lipinski definition) is 2. The first-order valence-corrected chi connectivity index (χ1v) is 5.41. The van der Waals surface area contributed by atoms with Crippen LogP contribution in [0.4, 0.5) is 0 Å². The summed E-state index contributed by atoms with van der Waals surface area (Å²) in [6, 6.07) is 10.0. The van der Waals surface area contributed by atoms with Gasteiger partial charge in [0.25, 0.3) is 0 Å². The molecule has 2 aromatic rings. The Kier molecular flexibility index (Phi) is 14.1. The molecule has 6 nitrogen and oxygen atoms in total. The Morgan fingerprint density at radius 2 is 0.864 bits per heavy atom. The molecule has 0 heterocycles. The minimum absolute atomic E-state index is 0. The fourth-order valence-corrected chi connectivity index (χ4v) is 1.20. The molecular weight excluding hydrogens is 342 g/mol. The number of carboxylic acid groups (broad SMARTS) is 2. The second-order valence-corrected chi connectivity index (χ2v) is 3.66. The van der Waals surface area contributed by atoms with Crippen molar-refractivity contribution in [2.24, 2.45) is 0 Å². The van der Waals surface area contributed by atoms with Crippen LogP contribution >= 0.6 is 0 Å². The van der Waals surface area contributed by atoms with Crippen molar-refractivity contribution in [2.75, 3.05) is 0 Å². The number of hydrogen-bond acceptors (Lipinski definition) is 4. The van der Waals surface area contributed by atoms with Crippen molar-refractivity contribution in [1.29, 1.82) is 0 Å². The van der Waals surface area contributed by atoms with E-state index in [1.807, 2.05) is 0 Å². The molecule has 2 aromatic carbocycles. The number of aromatic carboxylic acids is 2. The molecule has 0 aliphatic carbocycles. The van der Waals surface area contributed by atoms with Crippen LogP contribution in [0.1, 0.15) is 20.7 Å². The van der Waals surface area contributed by atoms with Gasteiger partial charge < -0.3 is 20.4 Å². The predicted molar refractivity (Wildman–Crippen MR) is 65.7 cm³/mol. The normalized spacial score (nSPS) is 8.36. The summed E-state index contributed by atoms with van der Waals surface area (Å²) in [5.74, 6) is -2.38. The maximum absolute atomic E-state index is 10.5. The molecule has 0 spiro atoms. The molecule has 0 bridgehead atoms. The van der Waals surface area contributed by atoms with Crippen molar-refractivity contribution < 1.29 is 133 Å². The quantitative estimate of drug-likeness (QED) is 0.522. The minimum atomic E-state index is -1.01. The third-order valence-electron chi connectivity index (χ3n) is 2.20. The van der Waals surface area contributed by atoms with Crippen molar-refractivity contribution >= 4 is 11.9 Å². The average Bonchev–Trinajstić information content (AvgIpc) is 2.40. The van der Waals surface area contributed by atoms with Crippen molar-refractivity contribution in [3.8, 4) is 11.5 Å². The van der Waals surface area contributed by atoms with Crippen molar-refractivity contribution in [3.63, 3.8) is 0 Å². The van der Waals surface area contributed by atoms with Crippen LogP contribution in [0, 0.1) is 0 Å². The number of carboxylic acids is 2. The van der Waals surface area contributed by atoms with Gasteiger partial charge in [0, 0.05) is 0 Å². The average molecular weight is 352 g/mol. The maximum Gasteiger partial charge on any atom is 1.00 e. The first kappa shape index (κ1) is 24.5. The van der Waals surface area contributed by atoms with Crippen molar-refractivity contribution in [2.45, 2.75) is 0 Å². The van der Waals surface area contributed by atoms with E-state index >= 15 is 0 Å². The van der Waals surface area contributed by atoms with E-state index in [0.29, 0.717) is 0 Å². The van der Waals surface area contributed by atoms with E-state index in [9.17, 15) is 19.8 Å². The SMILES string of the molecule is O=C(O)c1ccc([O-])cc1.O=C(O)c1ccc([O-])cc1.[K+].[K+]. The summed E-state index contributed by atoms with van der Waals surface area (Å²) >= 11 is 0. The van der Waals surface area contributed by atoms with Gasteiger partial charge in [-0.25, -0.2) is 9.59 Å². The molecule has 104 valence electrons. The Bertz CT molecular complexity index is 540. The molecule has 0 radical (unpaired) electrons. The van der Waals surface area contributed by atoms with E-state index in [1.54, 1.807) is 0 Å². The van der Waals surface area contributed by atoms with Crippen LogP contribution in [0.5, 0.6) is 11.5 Å². The Hall–Kier alpha value is 0.253. The fraction of sp³-hybridized carbons (Fsp3) is 0. The Labute approximate surface area is 212 Å². The van der Waals surface area contributed by atoms with Crippen LogP contribution in [-0.2, 0) is 0 Å². The summed E-state index contributed by atoms with van der Waals surface area (Å²) in [4.78, 5) is 20.4. The zero-order chi connectivity index (χ0) is 15.1. The van der Waals surface area contributed by atoms with Crippen LogP contribution in [0.25, 0.3) is 0 Å². The molecule has 0 aromatic heterocycles. The van der Waals surface area contributed by atoms with Gasteiger partial charge in [-0.05, 0) is 24.3 Å². The van der Waals surface area contributed by atoms with E-state index in [2.05, 4.69) is 0 Å². The van der Waals surface area contributed by atoms with Crippen LogP contribution < -0.4 is 113 Å². The first-order valence-electron chi connectivity index (χ1n) is 5.41. The number of carbonyl (C=O) groups is 2. The molecule has 0 atom stereocenters. The standard InChI is InChI=1S/2C7H6O3.2K/c2*8-6-3-1-5(2-4-6)7(9)10;;/h2*1-4,8H,(H,9,10);;/q;;2*+1/p-2. The molecule has 22 heavy (non-hydrogen) atoms. The van der Waals surface area contributed by atoms with Crippen LogP contribution in [0.3, 0.4) is 0 Å². The van der Waals surface area contributed by atoms with Gasteiger partial charge in [-0.1, -0.05) is 24.3 Å². The second kappa shape index (κ2) is 12.6. The number of benzene rings is 2. The zero-order valence-corrected chi connectivity index (χ0v) is 18.4. The third kappa shape index (κ3) is 9.40. The van der Waals surface area contributed by atoms with Gasteiger partial charge in [0.05, 0.1) is 11.1 Å². The molecule has 0 saturated carbocycles. The van der Waals surface area contributed by atoms with Crippen molar-refractivity contribution in [1.82, 2.24) is 0 Å². The number of rotatable bonds is 2. The molecule has 0 aliphatic rings. The molecular formula is C14H10K2O6. The van der Waals surface area contributed by atoms with Crippen molar-refractivity contribution in [3.05, 3.63) is 59.7 Å². The van der Waals surface area contributed by atoms with E-state index in [-0.39, 0.29) is 125 Å². The molecule has 0 aliphatic heterocycles. The third-order valence-corrected chi connectivity index (χ3v) is 2.20. The fourth-order valence-electron chi connectivity index (χ4n) is 1.20. The molecule has 2 rings (SSSR count). The molecule has 0 saturated heterocycles. The maximum atomic E-state index is 10.5. The van der Waals surface area contributed by atoms with E-state index in [4.69, 9.17) is 10.2 Å².